The van der Waals surface area contributed by atoms with Crippen molar-refractivity contribution in [1.82, 2.24) is 4.90 Å². The second kappa shape index (κ2) is 3.97. The Kier molecular flexibility index (Phi) is 3.36. The average Bonchev–Trinajstić information content (AvgIpc) is 2.04. The molecule has 0 aliphatic carbocycles. The maximum atomic E-state index is 9.41. The highest BCUT2D eigenvalue weighted by molar-refractivity contribution is 4.84. The molecule has 2 heteroatoms. The largest absolute Gasteiger partial charge is 0.379 e. The lowest BCUT2D eigenvalue weighted by molar-refractivity contribution is -0.0296. The number of nitrogens with zero attached hydrogens (tertiary/aromatic N) is 1. The molecular formula is C11H23NO. The number of piperidine rings is 1. The molecule has 1 aliphatic heterocycles. The van der Waals surface area contributed by atoms with E-state index in [1.807, 2.05) is 6.92 Å². The van der Waals surface area contributed by atoms with Gasteiger partial charge in [-0.1, -0.05) is 20.8 Å². The Bertz CT molecular complexity index is 157. The zero-order valence-electron chi connectivity index (χ0n) is 9.38. The van der Waals surface area contributed by atoms with Gasteiger partial charge in [0.25, 0.3) is 0 Å². The molecule has 0 saturated carbocycles. The maximum Gasteiger partial charge on any atom is 0.104 e. The Morgan fingerprint density at radius 3 is 1.92 bits per heavy atom. The number of hydrogen-bond donors (Lipinski definition) is 1. The van der Waals surface area contributed by atoms with E-state index < -0.39 is 0 Å². The maximum absolute atomic E-state index is 9.41. The summed E-state index contributed by atoms with van der Waals surface area (Å²) < 4.78 is 0. The van der Waals surface area contributed by atoms with Crippen LogP contribution in [0.4, 0.5) is 0 Å². The molecule has 1 aliphatic rings. The van der Waals surface area contributed by atoms with E-state index in [1.165, 1.54) is 12.8 Å². The van der Waals surface area contributed by atoms with Gasteiger partial charge >= 0.3 is 0 Å². The van der Waals surface area contributed by atoms with Crippen LogP contribution >= 0.6 is 0 Å². The van der Waals surface area contributed by atoms with Crippen LogP contribution in [-0.4, -0.2) is 29.3 Å². The van der Waals surface area contributed by atoms with Crippen LogP contribution in [0.1, 0.15) is 40.5 Å². The molecule has 1 fully saturated rings. The molecule has 2 nitrogen and oxygen atoms in total. The highest BCUT2D eigenvalue weighted by Gasteiger charge is 2.33. The number of likely N-dealkylation sites (tertiary alicyclic amines) is 1. The van der Waals surface area contributed by atoms with Gasteiger partial charge in [-0.15, -0.1) is 0 Å². The molecule has 1 rings (SSSR count). The molecule has 0 spiro atoms. The third kappa shape index (κ3) is 2.44. The van der Waals surface area contributed by atoms with Gasteiger partial charge in [-0.25, -0.2) is 0 Å². The summed E-state index contributed by atoms with van der Waals surface area (Å²) in [6, 6.07) is 0. The molecule has 1 unspecified atom stereocenters. The fourth-order valence-corrected chi connectivity index (χ4v) is 1.99. The molecule has 13 heavy (non-hydrogen) atoms. The van der Waals surface area contributed by atoms with Crippen molar-refractivity contribution in [3.05, 3.63) is 0 Å². The SMILES string of the molecule is CC(O)N1CCC(C)(C(C)C)CC1. The van der Waals surface area contributed by atoms with Crippen molar-refractivity contribution in [2.75, 3.05) is 13.1 Å². The van der Waals surface area contributed by atoms with Crippen molar-refractivity contribution >= 4 is 0 Å². The minimum absolute atomic E-state index is 0.267. The molecule has 1 N–H and O–H groups in total. The van der Waals surface area contributed by atoms with Crippen LogP contribution in [0, 0.1) is 11.3 Å². The minimum atomic E-state index is -0.267. The van der Waals surface area contributed by atoms with Crippen LogP contribution in [-0.2, 0) is 0 Å². The number of rotatable bonds is 2. The van der Waals surface area contributed by atoms with E-state index in [9.17, 15) is 5.11 Å². The van der Waals surface area contributed by atoms with E-state index in [-0.39, 0.29) is 6.23 Å². The van der Waals surface area contributed by atoms with Gasteiger partial charge in [-0.3, -0.25) is 4.90 Å². The second-order valence-electron chi connectivity index (χ2n) is 4.98. The number of hydrogen-bond acceptors (Lipinski definition) is 2. The van der Waals surface area contributed by atoms with Gasteiger partial charge in [0.2, 0.25) is 0 Å². The molecule has 0 amide bonds. The fourth-order valence-electron chi connectivity index (χ4n) is 1.99. The van der Waals surface area contributed by atoms with Crippen LogP contribution in [0.15, 0.2) is 0 Å². The van der Waals surface area contributed by atoms with Gasteiger partial charge in [0.15, 0.2) is 0 Å². The minimum Gasteiger partial charge on any atom is -0.379 e. The Hall–Kier alpha value is -0.0800. The Morgan fingerprint density at radius 2 is 1.62 bits per heavy atom. The van der Waals surface area contributed by atoms with Crippen LogP contribution < -0.4 is 0 Å². The second-order valence-corrected chi connectivity index (χ2v) is 4.98. The Labute approximate surface area is 81.9 Å². The van der Waals surface area contributed by atoms with Gasteiger partial charge in [0, 0.05) is 13.1 Å². The van der Waals surface area contributed by atoms with E-state index in [2.05, 4.69) is 25.7 Å². The average molecular weight is 185 g/mol. The summed E-state index contributed by atoms with van der Waals surface area (Å²) in [6.45, 7) is 10.9. The lowest BCUT2D eigenvalue weighted by Gasteiger charge is -2.43. The van der Waals surface area contributed by atoms with Crippen molar-refractivity contribution in [3.8, 4) is 0 Å². The van der Waals surface area contributed by atoms with Gasteiger partial charge < -0.3 is 5.11 Å². The number of aliphatic hydroxyl groups excluding tert-OH is 1. The van der Waals surface area contributed by atoms with Crippen molar-refractivity contribution in [2.24, 2.45) is 11.3 Å². The van der Waals surface area contributed by atoms with E-state index in [0.717, 1.165) is 19.0 Å². The molecule has 0 bridgehead atoms. The van der Waals surface area contributed by atoms with Crippen molar-refractivity contribution < 1.29 is 5.11 Å². The molecule has 0 aromatic heterocycles. The van der Waals surface area contributed by atoms with E-state index in [1.54, 1.807) is 0 Å². The van der Waals surface area contributed by atoms with Crippen LogP contribution in [0.3, 0.4) is 0 Å². The van der Waals surface area contributed by atoms with Gasteiger partial charge in [-0.2, -0.15) is 0 Å². The molecule has 1 heterocycles. The first kappa shape index (κ1) is 11.0. The quantitative estimate of drug-likeness (QED) is 0.712. The highest BCUT2D eigenvalue weighted by atomic mass is 16.3. The summed E-state index contributed by atoms with van der Waals surface area (Å²) in [5.41, 5.74) is 0.491. The van der Waals surface area contributed by atoms with Crippen molar-refractivity contribution in [3.63, 3.8) is 0 Å². The standard InChI is InChI=1S/C11H23NO/c1-9(2)11(4)5-7-12(8-6-11)10(3)13/h9-10,13H,5-8H2,1-4H3. The number of aliphatic hydroxyl groups is 1. The molecule has 0 aromatic carbocycles. The Balaban J connectivity index is 2.47. The summed E-state index contributed by atoms with van der Waals surface area (Å²) in [7, 11) is 0. The first-order valence-electron chi connectivity index (χ1n) is 5.38. The summed E-state index contributed by atoms with van der Waals surface area (Å²) in [5.74, 6) is 0.753. The first-order valence-corrected chi connectivity index (χ1v) is 5.38. The molecule has 1 saturated heterocycles. The van der Waals surface area contributed by atoms with E-state index >= 15 is 0 Å². The van der Waals surface area contributed by atoms with Crippen molar-refractivity contribution in [1.29, 1.82) is 0 Å². The van der Waals surface area contributed by atoms with Crippen LogP contribution in [0.25, 0.3) is 0 Å². The van der Waals surface area contributed by atoms with Crippen LogP contribution in [0.2, 0.25) is 0 Å². The Morgan fingerprint density at radius 1 is 1.15 bits per heavy atom. The zero-order chi connectivity index (χ0) is 10.1. The smallest absolute Gasteiger partial charge is 0.104 e. The fraction of sp³-hybridized carbons (Fsp3) is 1.00. The lowest BCUT2D eigenvalue weighted by Crippen LogP contribution is -2.44. The van der Waals surface area contributed by atoms with Gasteiger partial charge in [0.05, 0.1) is 0 Å². The zero-order valence-corrected chi connectivity index (χ0v) is 9.38. The summed E-state index contributed by atoms with van der Waals surface area (Å²) >= 11 is 0. The molecule has 0 radical (unpaired) electrons. The predicted octanol–water partition coefficient (Wildman–Crippen LogP) is 2.08. The van der Waals surface area contributed by atoms with Crippen LogP contribution in [0.5, 0.6) is 0 Å². The molecular weight excluding hydrogens is 162 g/mol. The molecule has 0 aromatic rings. The molecule has 1 atom stereocenters. The third-order valence-electron chi connectivity index (χ3n) is 3.86. The van der Waals surface area contributed by atoms with Crippen molar-refractivity contribution in [2.45, 2.75) is 46.8 Å². The van der Waals surface area contributed by atoms with Gasteiger partial charge in [0.1, 0.15) is 6.23 Å². The van der Waals surface area contributed by atoms with Gasteiger partial charge in [-0.05, 0) is 31.1 Å². The predicted molar refractivity (Wildman–Crippen MR) is 55.4 cm³/mol. The summed E-state index contributed by atoms with van der Waals surface area (Å²) in [4.78, 5) is 2.16. The topological polar surface area (TPSA) is 23.5 Å². The lowest BCUT2D eigenvalue weighted by atomic mass is 9.72. The summed E-state index contributed by atoms with van der Waals surface area (Å²) in [5, 5.41) is 9.41. The van der Waals surface area contributed by atoms with E-state index in [0.29, 0.717) is 5.41 Å². The highest BCUT2D eigenvalue weighted by Crippen LogP contribution is 2.38. The monoisotopic (exact) mass is 185 g/mol. The molecule has 78 valence electrons. The third-order valence-corrected chi connectivity index (χ3v) is 3.86. The first-order chi connectivity index (χ1) is 5.96. The van der Waals surface area contributed by atoms with E-state index in [4.69, 9.17) is 0 Å². The normalized spacial score (nSPS) is 26.3. The summed E-state index contributed by atoms with van der Waals surface area (Å²) in [6.07, 6.45) is 2.17.